The number of rotatable bonds is 1. The molecule has 0 saturated heterocycles. The number of ether oxygens (including phenoxy) is 1. The van der Waals surface area contributed by atoms with Crippen LogP contribution >= 0.6 is 0 Å². The number of carbonyl (C=O) groups is 1. The first-order valence-corrected chi connectivity index (χ1v) is 4.50. The summed E-state index contributed by atoms with van der Waals surface area (Å²) in [5.74, 6) is -0.239. The first-order valence-electron chi connectivity index (χ1n) is 4.50. The van der Waals surface area contributed by atoms with Crippen LogP contribution in [0, 0.1) is 0 Å². The summed E-state index contributed by atoms with van der Waals surface area (Å²) in [6.07, 6.45) is 1.79. The maximum atomic E-state index is 11.4. The van der Waals surface area contributed by atoms with E-state index in [1.54, 1.807) is 22.9 Å². The van der Waals surface area contributed by atoms with Crippen molar-refractivity contribution in [1.82, 2.24) is 4.57 Å². The maximum Gasteiger partial charge on any atom is 0.338 e. The number of phenols is 1. The van der Waals surface area contributed by atoms with E-state index in [0.717, 1.165) is 0 Å². The van der Waals surface area contributed by atoms with Crippen LogP contribution < -0.4 is 0 Å². The summed E-state index contributed by atoms with van der Waals surface area (Å²) in [7, 11) is 3.15. The fraction of sp³-hybridized carbons (Fsp3) is 0.182. The van der Waals surface area contributed by atoms with Crippen molar-refractivity contribution in [3.05, 3.63) is 30.0 Å². The van der Waals surface area contributed by atoms with E-state index in [2.05, 4.69) is 4.74 Å². The van der Waals surface area contributed by atoms with E-state index < -0.39 is 5.97 Å². The Labute approximate surface area is 86.7 Å². The largest absolute Gasteiger partial charge is 0.506 e. The Morgan fingerprint density at radius 3 is 2.80 bits per heavy atom. The molecule has 0 amide bonds. The van der Waals surface area contributed by atoms with E-state index in [9.17, 15) is 9.90 Å². The van der Waals surface area contributed by atoms with Crippen LogP contribution in [0.5, 0.6) is 5.75 Å². The summed E-state index contributed by atoms with van der Waals surface area (Å²) < 4.78 is 6.42. The van der Waals surface area contributed by atoms with Gasteiger partial charge in [-0.3, -0.25) is 0 Å². The van der Waals surface area contributed by atoms with Crippen molar-refractivity contribution in [1.29, 1.82) is 0 Å². The molecule has 78 valence electrons. The molecular formula is C11H11NO3. The smallest absolute Gasteiger partial charge is 0.338 e. The quantitative estimate of drug-likeness (QED) is 0.720. The zero-order valence-electron chi connectivity index (χ0n) is 8.52. The highest BCUT2D eigenvalue weighted by molar-refractivity contribution is 6.05. The van der Waals surface area contributed by atoms with Crippen LogP contribution in [0.15, 0.2) is 24.4 Å². The molecule has 0 radical (unpaired) electrons. The van der Waals surface area contributed by atoms with Gasteiger partial charge in [-0.25, -0.2) is 4.79 Å². The van der Waals surface area contributed by atoms with Crippen LogP contribution in [0.4, 0.5) is 0 Å². The number of aromatic hydroxyl groups is 1. The highest BCUT2D eigenvalue weighted by Gasteiger charge is 2.14. The second kappa shape index (κ2) is 3.31. The Balaban J connectivity index is 2.78. The monoisotopic (exact) mass is 205 g/mol. The lowest BCUT2D eigenvalue weighted by Crippen LogP contribution is -2.01. The number of benzene rings is 1. The third-order valence-corrected chi connectivity index (χ3v) is 2.42. The van der Waals surface area contributed by atoms with Crippen molar-refractivity contribution < 1.29 is 14.6 Å². The molecule has 0 bridgehead atoms. The van der Waals surface area contributed by atoms with Crippen molar-refractivity contribution in [2.75, 3.05) is 7.11 Å². The second-order valence-corrected chi connectivity index (χ2v) is 3.31. The fourth-order valence-electron chi connectivity index (χ4n) is 1.68. The molecule has 0 aliphatic rings. The zero-order valence-corrected chi connectivity index (χ0v) is 8.52. The molecule has 15 heavy (non-hydrogen) atoms. The van der Waals surface area contributed by atoms with Gasteiger partial charge in [0.2, 0.25) is 0 Å². The minimum Gasteiger partial charge on any atom is -0.506 e. The predicted octanol–water partition coefficient (Wildman–Crippen LogP) is 1.67. The minimum absolute atomic E-state index is 0.158. The number of fused-ring (bicyclic) bond motifs is 1. The summed E-state index contributed by atoms with van der Waals surface area (Å²) in [4.78, 5) is 11.4. The minimum atomic E-state index is -0.397. The van der Waals surface area contributed by atoms with Crippen LogP contribution in [0.1, 0.15) is 10.4 Å². The lowest BCUT2D eigenvalue weighted by Gasteiger charge is -2.04. The third kappa shape index (κ3) is 1.34. The van der Waals surface area contributed by atoms with E-state index in [1.165, 1.54) is 13.2 Å². The molecule has 4 heteroatoms. The second-order valence-electron chi connectivity index (χ2n) is 3.31. The van der Waals surface area contributed by atoms with Crippen LogP contribution in [0.2, 0.25) is 0 Å². The van der Waals surface area contributed by atoms with Crippen molar-refractivity contribution >= 4 is 16.9 Å². The molecule has 4 nitrogen and oxygen atoms in total. The summed E-state index contributed by atoms with van der Waals surface area (Å²) in [6.45, 7) is 0. The standard InChI is InChI=1S/C11H11NO3/c1-12-6-5-7-8(11(14)15-2)3-4-9(13)10(7)12/h3-6,13H,1-2H3. The molecule has 0 fully saturated rings. The number of aryl methyl sites for hydroxylation is 1. The number of esters is 1. The van der Waals surface area contributed by atoms with Crippen LogP contribution in [-0.4, -0.2) is 22.8 Å². The molecular weight excluding hydrogens is 194 g/mol. The Hall–Kier alpha value is -1.97. The van der Waals surface area contributed by atoms with Gasteiger partial charge >= 0.3 is 5.97 Å². The molecule has 0 spiro atoms. The van der Waals surface area contributed by atoms with E-state index in [-0.39, 0.29) is 5.75 Å². The number of hydrogen-bond acceptors (Lipinski definition) is 3. The molecule has 0 aliphatic heterocycles. The molecule has 1 aromatic carbocycles. The summed E-state index contributed by atoms with van der Waals surface area (Å²) >= 11 is 0. The van der Waals surface area contributed by atoms with Gasteiger partial charge in [0.05, 0.1) is 18.2 Å². The molecule has 2 aromatic rings. The van der Waals surface area contributed by atoms with Gasteiger partial charge in [0.1, 0.15) is 5.75 Å². The zero-order chi connectivity index (χ0) is 11.0. The van der Waals surface area contributed by atoms with Crippen LogP contribution in [0.3, 0.4) is 0 Å². The van der Waals surface area contributed by atoms with Gasteiger partial charge in [0.25, 0.3) is 0 Å². The number of nitrogens with zero attached hydrogens (tertiary/aromatic N) is 1. The van der Waals surface area contributed by atoms with E-state index in [4.69, 9.17) is 0 Å². The maximum absolute atomic E-state index is 11.4. The van der Waals surface area contributed by atoms with Gasteiger partial charge in [-0.05, 0) is 18.2 Å². The van der Waals surface area contributed by atoms with Gasteiger partial charge < -0.3 is 14.4 Å². The molecule has 1 aromatic heterocycles. The third-order valence-electron chi connectivity index (χ3n) is 2.42. The summed E-state index contributed by atoms with van der Waals surface area (Å²) in [5.41, 5.74) is 1.10. The summed E-state index contributed by atoms with van der Waals surface area (Å²) in [5, 5.41) is 10.3. The van der Waals surface area contributed by atoms with Gasteiger partial charge in [0.15, 0.2) is 0 Å². The predicted molar refractivity (Wildman–Crippen MR) is 55.9 cm³/mol. The first-order chi connectivity index (χ1) is 7.15. The van der Waals surface area contributed by atoms with E-state index >= 15 is 0 Å². The Bertz CT molecular complexity index is 528. The Morgan fingerprint density at radius 1 is 1.40 bits per heavy atom. The molecule has 2 rings (SSSR count). The number of hydrogen-bond donors (Lipinski definition) is 1. The SMILES string of the molecule is COC(=O)c1ccc(O)c2c1ccn2C. The molecule has 1 heterocycles. The normalized spacial score (nSPS) is 10.5. The topological polar surface area (TPSA) is 51.5 Å². The molecule has 0 saturated carbocycles. The van der Waals surface area contributed by atoms with Gasteiger partial charge in [0, 0.05) is 18.6 Å². The highest BCUT2D eigenvalue weighted by Crippen LogP contribution is 2.28. The number of aromatic nitrogens is 1. The van der Waals surface area contributed by atoms with Crippen molar-refractivity contribution in [3.63, 3.8) is 0 Å². The van der Waals surface area contributed by atoms with Crippen molar-refractivity contribution in [2.24, 2.45) is 7.05 Å². The van der Waals surface area contributed by atoms with Crippen LogP contribution in [0.25, 0.3) is 10.9 Å². The van der Waals surface area contributed by atoms with E-state index in [1.807, 2.05) is 7.05 Å². The van der Waals surface area contributed by atoms with Crippen molar-refractivity contribution in [2.45, 2.75) is 0 Å². The molecule has 1 N–H and O–H groups in total. The Morgan fingerprint density at radius 2 is 2.13 bits per heavy atom. The van der Waals surface area contributed by atoms with E-state index in [0.29, 0.717) is 16.5 Å². The highest BCUT2D eigenvalue weighted by atomic mass is 16.5. The van der Waals surface area contributed by atoms with Gasteiger partial charge in [-0.15, -0.1) is 0 Å². The fourth-order valence-corrected chi connectivity index (χ4v) is 1.68. The Kier molecular flexibility index (Phi) is 2.11. The van der Waals surface area contributed by atoms with Crippen LogP contribution in [-0.2, 0) is 11.8 Å². The van der Waals surface area contributed by atoms with Crippen molar-refractivity contribution in [3.8, 4) is 5.75 Å². The first kappa shape index (κ1) is 9.58. The average molecular weight is 205 g/mol. The number of carbonyl (C=O) groups excluding carboxylic acids is 1. The number of phenolic OH excluding ortho intramolecular Hbond substituents is 1. The lowest BCUT2D eigenvalue weighted by atomic mass is 10.1. The average Bonchev–Trinajstić information content (AvgIpc) is 2.61. The van der Waals surface area contributed by atoms with Gasteiger partial charge in [-0.1, -0.05) is 0 Å². The molecule has 0 atom stereocenters. The number of methoxy groups -OCH3 is 1. The lowest BCUT2D eigenvalue weighted by molar-refractivity contribution is 0.0603. The molecule has 0 aliphatic carbocycles. The molecule has 0 unspecified atom stereocenters. The van der Waals surface area contributed by atoms with Gasteiger partial charge in [-0.2, -0.15) is 0 Å². The summed E-state index contributed by atoms with van der Waals surface area (Å²) in [6, 6.07) is 4.83.